The van der Waals surface area contributed by atoms with Gasteiger partial charge in [0.05, 0.1) is 0 Å². The molecule has 2 aromatic rings. The average molecular weight is 273 g/mol. The molecule has 0 radical (unpaired) electrons. The van der Waals surface area contributed by atoms with Gasteiger partial charge in [-0.3, -0.25) is 0 Å². The Balaban J connectivity index is 2.21. The van der Waals surface area contributed by atoms with Gasteiger partial charge in [-0.05, 0) is 44.9 Å². The van der Waals surface area contributed by atoms with Gasteiger partial charge in [0.1, 0.15) is 5.65 Å². The van der Waals surface area contributed by atoms with Crippen LogP contribution >= 0.6 is 0 Å². The highest BCUT2D eigenvalue weighted by atomic mass is 15.0. The minimum Gasteiger partial charge on any atom is -0.332 e. The van der Waals surface area contributed by atoms with E-state index in [1.807, 2.05) is 12.3 Å². The Kier molecular flexibility index (Phi) is 4.81. The number of rotatable bonds is 6. The highest BCUT2D eigenvalue weighted by molar-refractivity contribution is 5.80. The van der Waals surface area contributed by atoms with Crippen LogP contribution in [0.4, 0.5) is 0 Å². The van der Waals surface area contributed by atoms with Gasteiger partial charge in [0.15, 0.2) is 0 Å². The second-order valence-electron chi connectivity index (χ2n) is 6.53. The molecule has 2 heterocycles. The second-order valence-corrected chi connectivity index (χ2v) is 6.53. The van der Waals surface area contributed by atoms with Crippen molar-refractivity contribution in [1.82, 2.24) is 14.9 Å². The van der Waals surface area contributed by atoms with Crippen molar-refractivity contribution in [2.45, 2.75) is 65.6 Å². The lowest BCUT2D eigenvalue weighted by Crippen LogP contribution is -2.34. The molecule has 0 aliphatic heterocycles. The molecule has 0 saturated carbocycles. The number of hydrogen-bond acceptors (Lipinski definition) is 2. The largest absolute Gasteiger partial charge is 0.332 e. The van der Waals surface area contributed by atoms with Gasteiger partial charge in [0.2, 0.25) is 0 Å². The number of fused-ring (bicyclic) bond motifs is 1. The van der Waals surface area contributed by atoms with E-state index in [1.165, 1.54) is 30.2 Å². The van der Waals surface area contributed by atoms with Crippen LogP contribution in [0.5, 0.6) is 0 Å². The van der Waals surface area contributed by atoms with Crippen LogP contribution < -0.4 is 5.32 Å². The Hall–Kier alpha value is -1.35. The first-order valence-electron chi connectivity index (χ1n) is 7.69. The lowest BCUT2D eigenvalue weighted by atomic mass is 10.1. The zero-order valence-corrected chi connectivity index (χ0v) is 13.2. The van der Waals surface area contributed by atoms with Crippen LogP contribution in [-0.4, -0.2) is 15.1 Å². The van der Waals surface area contributed by atoms with Crippen molar-refractivity contribution in [2.75, 3.05) is 0 Å². The third kappa shape index (κ3) is 3.83. The fraction of sp³-hybridized carbons (Fsp3) is 0.588. The molecule has 0 atom stereocenters. The lowest BCUT2D eigenvalue weighted by Gasteiger charge is -2.20. The summed E-state index contributed by atoms with van der Waals surface area (Å²) in [4.78, 5) is 4.56. The molecular formula is C17H27N3. The van der Waals surface area contributed by atoms with Gasteiger partial charge >= 0.3 is 0 Å². The third-order valence-electron chi connectivity index (χ3n) is 3.53. The fourth-order valence-electron chi connectivity index (χ4n) is 2.40. The van der Waals surface area contributed by atoms with E-state index in [1.54, 1.807) is 0 Å². The summed E-state index contributed by atoms with van der Waals surface area (Å²) in [6.07, 6.45) is 7.92. The van der Waals surface area contributed by atoms with E-state index < -0.39 is 0 Å². The summed E-state index contributed by atoms with van der Waals surface area (Å²) in [5.74, 6) is 0. The average Bonchev–Trinajstić information content (AvgIpc) is 2.75. The first-order valence-corrected chi connectivity index (χ1v) is 7.69. The maximum Gasteiger partial charge on any atom is 0.140 e. The highest BCUT2D eigenvalue weighted by Gasteiger charge is 2.13. The quantitative estimate of drug-likeness (QED) is 0.803. The zero-order valence-electron chi connectivity index (χ0n) is 13.2. The minimum absolute atomic E-state index is 0.138. The van der Waals surface area contributed by atoms with Gasteiger partial charge in [-0.2, -0.15) is 0 Å². The standard InChI is InChI=1S/C17H27N3/c1-5-6-7-11-20-13-14(12-19-17(2,3)4)15-9-8-10-18-16(15)20/h8-10,13,19H,5-7,11-12H2,1-4H3. The SMILES string of the molecule is CCCCCn1cc(CNC(C)(C)C)c2cccnc21. The van der Waals surface area contributed by atoms with E-state index in [0.717, 1.165) is 18.7 Å². The Morgan fingerprint density at radius 1 is 1.25 bits per heavy atom. The Labute approximate surface area is 122 Å². The number of aryl methyl sites for hydroxylation is 1. The van der Waals surface area contributed by atoms with Gasteiger partial charge in [0.25, 0.3) is 0 Å². The van der Waals surface area contributed by atoms with E-state index in [9.17, 15) is 0 Å². The molecule has 110 valence electrons. The number of nitrogens with zero attached hydrogens (tertiary/aromatic N) is 2. The van der Waals surface area contributed by atoms with Gasteiger partial charge < -0.3 is 9.88 Å². The highest BCUT2D eigenvalue weighted by Crippen LogP contribution is 2.20. The Morgan fingerprint density at radius 3 is 2.75 bits per heavy atom. The van der Waals surface area contributed by atoms with Crippen LogP contribution in [0.3, 0.4) is 0 Å². The van der Waals surface area contributed by atoms with E-state index in [-0.39, 0.29) is 5.54 Å². The summed E-state index contributed by atoms with van der Waals surface area (Å²) in [6.45, 7) is 10.8. The number of pyridine rings is 1. The molecule has 1 N–H and O–H groups in total. The molecule has 2 rings (SSSR count). The van der Waals surface area contributed by atoms with Crippen LogP contribution in [-0.2, 0) is 13.1 Å². The van der Waals surface area contributed by atoms with Crippen LogP contribution in [0.1, 0.15) is 52.5 Å². The maximum absolute atomic E-state index is 4.56. The van der Waals surface area contributed by atoms with Crippen molar-refractivity contribution >= 4 is 11.0 Å². The molecular weight excluding hydrogens is 246 g/mol. The summed E-state index contributed by atoms with van der Waals surface area (Å²) in [6, 6.07) is 4.21. The molecule has 0 aliphatic carbocycles. The first kappa shape index (κ1) is 15.0. The van der Waals surface area contributed by atoms with Crippen molar-refractivity contribution in [1.29, 1.82) is 0 Å². The molecule has 2 aromatic heterocycles. The summed E-state index contributed by atoms with van der Waals surface area (Å²) < 4.78 is 2.31. The molecule has 3 heteroatoms. The summed E-state index contributed by atoms with van der Waals surface area (Å²) in [7, 11) is 0. The van der Waals surface area contributed by atoms with Crippen molar-refractivity contribution < 1.29 is 0 Å². The molecule has 0 bridgehead atoms. The van der Waals surface area contributed by atoms with Gasteiger partial charge in [-0.25, -0.2) is 4.98 Å². The van der Waals surface area contributed by atoms with Gasteiger partial charge in [0, 0.05) is 36.4 Å². The molecule has 0 aromatic carbocycles. The topological polar surface area (TPSA) is 29.9 Å². The molecule has 0 aliphatic rings. The molecule has 3 nitrogen and oxygen atoms in total. The summed E-state index contributed by atoms with van der Waals surface area (Å²) in [5, 5.41) is 4.85. The van der Waals surface area contributed by atoms with Crippen molar-refractivity contribution in [2.24, 2.45) is 0 Å². The van der Waals surface area contributed by atoms with Crippen LogP contribution in [0.15, 0.2) is 24.5 Å². The van der Waals surface area contributed by atoms with Gasteiger partial charge in [-0.1, -0.05) is 19.8 Å². The van der Waals surface area contributed by atoms with Gasteiger partial charge in [-0.15, -0.1) is 0 Å². The molecule has 20 heavy (non-hydrogen) atoms. The number of hydrogen-bond donors (Lipinski definition) is 1. The Morgan fingerprint density at radius 2 is 2.05 bits per heavy atom. The number of unbranched alkanes of at least 4 members (excludes halogenated alkanes) is 2. The predicted molar refractivity (Wildman–Crippen MR) is 85.9 cm³/mol. The lowest BCUT2D eigenvalue weighted by molar-refractivity contribution is 0.424. The summed E-state index contributed by atoms with van der Waals surface area (Å²) >= 11 is 0. The Bertz CT molecular complexity index is 549. The van der Waals surface area contributed by atoms with E-state index in [4.69, 9.17) is 0 Å². The fourth-order valence-corrected chi connectivity index (χ4v) is 2.40. The van der Waals surface area contributed by atoms with Crippen LogP contribution in [0, 0.1) is 0 Å². The molecule has 0 spiro atoms. The third-order valence-corrected chi connectivity index (χ3v) is 3.53. The van der Waals surface area contributed by atoms with Crippen LogP contribution in [0.25, 0.3) is 11.0 Å². The zero-order chi connectivity index (χ0) is 14.6. The normalized spacial score (nSPS) is 12.2. The first-order chi connectivity index (χ1) is 9.51. The van der Waals surface area contributed by atoms with E-state index in [0.29, 0.717) is 0 Å². The van der Waals surface area contributed by atoms with Crippen molar-refractivity contribution in [3.05, 3.63) is 30.1 Å². The number of aromatic nitrogens is 2. The molecule has 0 fully saturated rings. The monoisotopic (exact) mass is 273 g/mol. The molecule has 0 amide bonds. The smallest absolute Gasteiger partial charge is 0.140 e. The van der Waals surface area contributed by atoms with E-state index in [2.05, 4.69) is 54.8 Å². The maximum atomic E-state index is 4.56. The predicted octanol–water partition coefficient (Wildman–Crippen LogP) is 4.11. The second kappa shape index (κ2) is 6.40. The van der Waals surface area contributed by atoms with Crippen molar-refractivity contribution in [3.8, 4) is 0 Å². The van der Waals surface area contributed by atoms with E-state index >= 15 is 0 Å². The van der Waals surface area contributed by atoms with Crippen LogP contribution in [0.2, 0.25) is 0 Å². The minimum atomic E-state index is 0.138. The summed E-state index contributed by atoms with van der Waals surface area (Å²) in [5.41, 5.74) is 2.60. The van der Waals surface area contributed by atoms with Crippen molar-refractivity contribution in [3.63, 3.8) is 0 Å². The molecule has 0 saturated heterocycles. The molecule has 0 unspecified atom stereocenters. The number of nitrogens with one attached hydrogen (secondary N) is 1.